The van der Waals surface area contributed by atoms with Gasteiger partial charge in [-0.05, 0) is 141 Å². The van der Waals surface area contributed by atoms with Crippen molar-refractivity contribution in [2.75, 3.05) is 0 Å². The average Bonchev–Trinajstić information content (AvgIpc) is 1.54. The van der Waals surface area contributed by atoms with Gasteiger partial charge in [-0.3, -0.25) is 0 Å². The number of nitrogens with zero attached hydrogens (tertiary/aromatic N) is 18. The van der Waals surface area contributed by atoms with Crippen LogP contribution in [0.3, 0.4) is 0 Å². The van der Waals surface area contributed by atoms with Gasteiger partial charge in [0.2, 0.25) is 0 Å². The monoisotopic (exact) mass is 1360 g/mol. The van der Waals surface area contributed by atoms with E-state index in [9.17, 15) is 8.78 Å². The summed E-state index contributed by atoms with van der Waals surface area (Å²) in [5.41, 5.74) is 17.6. The zero-order chi connectivity index (χ0) is 60.5. The van der Waals surface area contributed by atoms with E-state index in [0.717, 1.165) is 148 Å². The molecular weight excluding hydrogens is 1350 g/mol. The van der Waals surface area contributed by atoms with Crippen molar-refractivity contribution in [3.8, 4) is 0 Å². The molecule has 36 heteroatoms. The molecule has 8 aromatic carbocycles. The topological polar surface area (TPSA) is 337 Å². The second-order valence-corrected chi connectivity index (χ2v) is 28.0. The van der Waals surface area contributed by atoms with Crippen molar-refractivity contribution in [3.63, 3.8) is 0 Å². The van der Waals surface area contributed by atoms with Gasteiger partial charge in [0.1, 0.15) is 99.9 Å². The fourth-order valence-electron chi connectivity index (χ4n) is 12.7. The van der Waals surface area contributed by atoms with E-state index in [1.807, 2.05) is 22.9 Å². The molecule has 0 spiro atoms. The highest BCUT2D eigenvalue weighted by molar-refractivity contribution is 7.22. The summed E-state index contributed by atoms with van der Waals surface area (Å²) in [5, 5.41) is 88.0. The first-order valence-corrected chi connectivity index (χ1v) is 33.8. The van der Waals surface area contributed by atoms with Crippen LogP contribution in [0.4, 0.5) is 8.78 Å². The lowest BCUT2D eigenvalue weighted by Crippen LogP contribution is -1.85. The van der Waals surface area contributed by atoms with Crippen LogP contribution in [0.25, 0.3) is 212 Å². The average molecular weight is 1360 g/mol. The molecule has 0 saturated heterocycles. The molecule has 0 N–H and O–H groups in total. The molecular formula is C56H16F2N18O8S8. The number of aromatic nitrogens is 18. The van der Waals surface area contributed by atoms with Crippen LogP contribution < -0.4 is 0 Å². The number of thiazole rings is 2. The fourth-order valence-corrected chi connectivity index (χ4v) is 20.5. The quantitative estimate of drug-likeness (QED) is 0.136. The van der Waals surface area contributed by atoms with Gasteiger partial charge in [-0.25, -0.2) is 55.8 Å². The molecule has 16 heterocycles. The Hall–Kier alpha value is -10.6. The van der Waals surface area contributed by atoms with E-state index in [4.69, 9.17) is 37.0 Å². The molecule has 0 bridgehead atoms. The van der Waals surface area contributed by atoms with E-state index in [2.05, 4.69) is 117 Å². The van der Waals surface area contributed by atoms with Gasteiger partial charge in [-0.1, -0.05) is 0 Å². The molecule has 0 amide bonds. The molecule has 0 saturated carbocycles. The second kappa shape index (κ2) is 18.5. The molecule has 24 rings (SSSR count). The first-order valence-electron chi connectivity index (χ1n) is 26.8. The van der Waals surface area contributed by atoms with Crippen LogP contribution in [0, 0.1) is 25.5 Å². The maximum absolute atomic E-state index is 14.3. The predicted octanol–water partition coefficient (Wildman–Crippen LogP) is 17.1. The minimum Gasteiger partial charge on any atom is -0.243 e. The summed E-state index contributed by atoms with van der Waals surface area (Å²) in [5.74, 6) is -0.834. The van der Waals surface area contributed by atoms with E-state index in [1.165, 1.54) is 56.1 Å². The number of thiophene rings is 6. The summed E-state index contributed by atoms with van der Waals surface area (Å²) in [4.78, 5) is 8.79. The van der Waals surface area contributed by atoms with Gasteiger partial charge in [-0.2, -0.15) is 0 Å². The fraction of sp³-hybridized carbons (Fsp3) is 0.0357. The number of benzene rings is 8. The normalized spacial score (nSPS) is 12.6. The standard InChI is InChI=1S/C16H8N4O2S2.C14H2F2N4O2S2.C14H4N4O2S2.C12H2N6O2S2/c1-5-3-23-15-7(5)11-13(19-21-17-11)10-9(15)14-12(18-22-20-14)8-6(2)4-24-16(8)10;15-3-1-23-13-5(3)9-12(20-21-17-9)8-7(13)11-10(18-22-19-11)6-4(16)2-24-14(6)8;1-3-21-13-5(1)9-11(17-19-15-9)8-7(13)12-10(16-20-18-12)6-2-4-22-14(6)8;1-13-9-7-6(16-19-17-7)4-3(11(9)21-1)5-8(18-20-15-5)10-12(4)22-2-14-10/h3-4H,1-2H3;1-2H;1-4H;1-2H. The first-order chi connectivity index (χ1) is 45.4. The maximum atomic E-state index is 14.3. The Labute approximate surface area is 529 Å². The molecule has 0 unspecified atom stereocenters. The lowest BCUT2D eigenvalue weighted by atomic mass is 10.00. The molecule has 0 aliphatic carbocycles. The Kier molecular flexibility index (Phi) is 10.3. The molecule has 24 aromatic rings. The first kappa shape index (κ1) is 51.2. The Morgan fingerprint density at radius 1 is 0.250 bits per heavy atom. The van der Waals surface area contributed by atoms with E-state index >= 15 is 0 Å². The van der Waals surface area contributed by atoms with E-state index in [-0.39, 0.29) is 0 Å². The van der Waals surface area contributed by atoms with Crippen molar-refractivity contribution in [2.45, 2.75) is 13.8 Å². The second-order valence-electron chi connectivity index (χ2n) is 20.9. The van der Waals surface area contributed by atoms with Gasteiger partial charge in [0.25, 0.3) is 0 Å². The summed E-state index contributed by atoms with van der Waals surface area (Å²) >= 11 is 12.1. The number of rotatable bonds is 0. The van der Waals surface area contributed by atoms with E-state index < -0.39 is 11.6 Å². The molecule has 0 aliphatic rings. The third-order valence-electron chi connectivity index (χ3n) is 16.4. The highest BCUT2D eigenvalue weighted by Crippen LogP contribution is 2.51. The summed E-state index contributed by atoms with van der Waals surface area (Å²) in [7, 11) is 0. The zero-order valence-electron chi connectivity index (χ0n) is 45.1. The van der Waals surface area contributed by atoms with Crippen LogP contribution in [-0.2, 0) is 0 Å². The lowest BCUT2D eigenvalue weighted by molar-refractivity contribution is 0.316. The number of hydrogen-bond donors (Lipinski definition) is 0. The van der Waals surface area contributed by atoms with Gasteiger partial charge in [0.15, 0.2) is 11.0 Å². The van der Waals surface area contributed by atoms with E-state index in [1.54, 1.807) is 56.4 Å². The number of fused-ring (bicyclic) bond motifs is 44. The Bertz CT molecular complexity index is 6230. The molecule has 92 heavy (non-hydrogen) atoms. The summed E-state index contributed by atoms with van der Waals surface area (Å²) in [6.07, 6.45) is 0. The van der Waals surface area contributed by atoms with Crippen LogP contribution in [0.5, 0.6) is 0 Å². The lowest BCUT2D eigenvalue weighted by Gasteiger charge is -2.04. The van der Waals surface area contributed by atoms with Crippen molar-refractivity contribution < 1.29 is 45.8 Å². The highest BCUT2D eigenvalue weighted by Gasteiger charge is 2.30. The Morgan fingerprint density at radius 2 is 0.511 bits per heavy atom. The van der Waals surface area contributed by atoms with Crippen molar-refractivity contribution in [3.05, 3.63) is 78.2 Å². The van der Waals surface area contributed by atoms with E-state index in [0.29, 0.717) is 75.1 Å². The van der Waals surface area contributed by atoms with Crippen molar-refractivity contribution >= 4 is 303 Å². The third kappa shape index (κ3) is 6.53. The molecule has 0 fully saturated rings. The SMILES string of the molecule is Cc1csc2c1c1nonc1c1c3scc(C)c3c3nonc3c21.Fc1csc2c1c1nonc1c1c3scc(F)c3c3nonc3c21.c1cc2c3nonc3c3c4sccc4c4nonc4c3c2s1.c1nc2c3nonc3c3c4scnc4c4nonc4c3c2s1. The van der Waals surface area contributed by atoms with Crippen LogP contribution in [0.2, 0.25) is 0 Å². The molecule has 26 nitrogen and oxygen atoms in total. The highest BCUT2D eigenvalue weighted by atomic mass is 32.1. The summed E-state index contributed by atoms with van der Waals surface area (Å²) < 4.78 is 76.1. The van der Waals surface area contributed by atoms with Gasteiger partial charge < -0.3 is 0 Å². The number of aryl methyl sites for hydroxylation is 2. The Balaban J connectivity index is 0.0000000827. The minimum atomic E-state index is -0.417. The molecule has 0 aliphatic heterocycles. The van der Waals surface area contributed by atoms with Gasteiger partial charge in [0.05, 0.1) is 40.6 Å². The number of hydrogen-bond acceptors (Lipinski definition) is 34. The van der Waals surface area contributed by atoms with Crippen molar-refractivity contribution in [1.82, 2.24) is 92.5 Å². The van der Waals surface area contributed by atoms with Crippen molar-refractivity contribution in [2.24, 2.45) is 0 Å². The largest absolute Gasteiger partial charge is 0.243 e. The molecule has 0 radical (unpaired) electrons. The van der Waals surface area contributed by atoms with Gasteiger partial charge in [0, 0.05) is 94.2 Å². The van der Waals surface area contributed by atoms with Crippen LogP contribution >= 0.6 is 90.7 Å². The predicted molar refractivity (Wildman–Crippen MR) is 347 cm³/mol. The maximum Gasteiger partial charge on any atom is 0.163 e. The summed E-state index contributed by atoms with van der Waals surface area (Å²) in [6, 6.07) is 4.06. The zero-order valence-corrected chi connectivity index (χ0v) is 51.6. The van der Waals surface area contributed by atoms with Gasteiger partial charge >= 0.3 is 0 Å². The third-order valence-corrected chi connectivity index (χ3v) is 24.2. The number of halogens is 2. The van der Waals surface area contributed by atoms with Crippen LogP contribution in [-0.4, -0.2) is 92.5 Å². The minimum absolute atomic E-state index is 0.308. The molecule has 0 atom stereocenters. The smallest absolute Gasteiger partial charge is 0.163 e. The summed E-state index contributed by atoms with van der Waals surface area (Å²) in [6.45, 7) is 4.15. The van der Waals surface area contributed by atoms with Gasteiger partial charge in [-0.15, -0.1) is 90.7 Å². The van der Waals surface area contributed by atoms with Crippen molar-refractivity contribution in [1.29, 1.82) is 0 Å². The van der Waals surface area contributed by atoms with Crippen LogP contribution in [0.1, 0.15) is 11.1 Å². The van der Waals surface area contributed by atoms with Crippen LogP contribution in [0.15, 0.2) is 92.5 Å². The Morgan fingerprint density at radius 3 is 0.880 bits per heavy atom. The molecule has 440 valence electrons. The molecule has 16 aromatic heterocycles.